The molecule has 2 N–H and O–H groups in total. The molecular formula is C13H16N2O2. The summed E-state index contributed by atoms with van der Waals surface area (Å²) in [6.07, 6.45) is 4.47. The van der Waals surface area contributed by atoms with E-state index in [4.69, 9.17) is 4.74 Å². The molecule has 0 aromatic heterocycles. The first kappa shape index (κ1) is 11.5. The number of anilines is 1. The number of hydrogen-bond donors (Lipinski definition) is 2. The minimum atomic E-state index is 0.164. The standard InChI is InChI=1S/C13H16N2O2/c1-17-11-8-6-10(7-9-11)14-15-12-4-2-3-5-13(12)16/h4,6-9,14-15H,2-3,5H2,1H3. The van der Waals surface area contributed by atoms with E-state index in [0.717, 1.165) is 24.3 Å². The SMILES string of the molecule is COc1ccc(NNC2=CCCCC2=O)cc1. The van der Waals surface area contributed by atoms with Crippen molar-refractivity contribution in [2.24, 2.45) is 0 Å². The number of nitrogens with one attached hydrogen (secondary N) is 2. The number of Topliss-reactive ketones (excluding diaryl/α,β-unsaturated/α-hetero) is 1. The number of carbonyl (C=O) groups is 1. The molecule has 0 saturated heterocycles. The van der Waals surface area contributed by atoms with Crippen LogP contribution in [0.15, 0.2) is 36.0 Å². The lowest BCUT2D eigenvalue weighted by Crippen LogP contribution is -2.27. The molecule has 1 aromatic rings. The molecule has 0 heterocycles. The lowest BCUT2D eigenvalue weighted by atomic mass is 10.0. The highest BCUT2D eigenvalue weighted by Gasteiger charge is 2.12. The Bertz CT molecular complexity index is 424. The van der Waals surface area contributed by atoms with Crippen LogP contribution in [-0.4, -0.2) is 12.9 Å². The van der Waals surface area contributed by atoms with Crippen molar-refractivity contribution >= 4 is 11.5 Å². The lowest BCUT2D eigenvalue weighted by molar-refractivity contribution is -0.116. The molecule has 0 spiro atoms. The maximum absolute atomic E-state index is 11.5. The summed E-state index contributed by atoms with van der Waals surface area (Å²) in [6, 6.07) is 7.50. The van der Waals surface area contributed by atoms with Crippen LogP contribution in [0.1, 0.15) is 19.3 Å². The molecule has 1 aliphatic carbocycles. The maximum atomic E-state index is 11.5. The van der Waals surface area contributed by atoms with Crippen molar-refractivity contribution in [2.45, 2.75) is 19.3 Å². The molecule has 0 fully saturated rings. The molecule has 4 nitrogen and oxygen atoms in total. The molecule has 90 valence electrons. The molecule has 1 aliphatic rings. The Balaban J connectivity index is 1.92. The third kappa shape index (κ3) is 3.00. The van der Waals surface area contributed by atoms with E-state index in [1.807, 2.05) is 30.3 Å². The monoisotopic (exact) mass is 232 g/mol. The van der Waals surface area contributed by atoms with Gasteiger partial charge in [-0.25, -0.2) is 0 Å². The maximum Gasteiger partial charge on any atom is 0.180 e. The zero-order chi connectivity index (χ0) is 12.1. The Labute approximate surface area is 101 Å². The van der Waals surface area contributed by atoms with Crippen LogP contribution >= 0.6 is 0 Å². The van der Waals surface area contributed by atoms with Crippen molar-refractivity contribution in [2.75, 3.05) is 12.5 Å². The number of hydrazine groups is 1. The summed E-state index contributed by atoms with van der Waals surface area (Å²) in [7, 11) is 1.63. The Hall–Kier alpha value is -1.97. The molecule has 2 rings (SSSR count). The normalized spacial score (nSPS) is 15.1. The highest BCUT2D eigenvalue weighted by Crippen LogP contribution is 2.15. The predicted molar refractivity (Wildman–Crippen MR) is 66.7 cm³/mol. The first-order valence-electron chi connectivity index (χ1n) is 5.69. The van der Waals surface area contributed by atoms with Gasteiger partial charge in [-0.2, -0.15) is 0 Å². The Morgan fingerprint density at radius 3 is 2.59 bits per heavy atom. The van der Waals surface area contributed by atoms with Crippen LogP contribution in [0.3, 0.4) is 0 Å². The Morgan fingerprint density at radius 1 is 1.18 bits per heavy atom. The topological polar surface area (TPSA) is 50.4 Å². The van der Waals surface area contributed by atoms with Gasteiger partial charge in [0.05, 0.1) is 18.5 Å². The molecule has 0 atom stereocenters. The van der Waals surface area contributed by atoms with E-state index < -0.39 is 0 Å². The quantitative estimate of drug-likeness (QED) is 0.782. The third-order valence-corrected chi connectivity index (χ3v) is 2.69. The summed E-state index contributed by atoms with van der Waals surface area (Å²) in [5.41, 5.74) is 7.50. The van der Waals surface area contributed by atoms with E-state index in [2.05, 4.69) is 10.9 Å². The van der Waals surface area contributed by atoms with Crippen molar-refractivity contribution in [1.29, 1.82) is 0 Å². The molecule has 0 bridgehead atoms. The zero-order valence-electron chi connectivity index (χ0n) is 9.82. The van der Waals surface area contributed by atoms with Crippen LogP contribution in [0.4, 0.5) is 5.69 Å². The van der Waals surface area contributed by atoms with Gasteiger partial charge in [0.25, 0.3) is 0 Å². The Morgan fingerprint density at radius 2 is 1.94 bits per heavy atom. The first-order chi connectivity index (χ1) is 8.29. The number of ketones is 1. The number of carbonyl (C=O) groups excluding carboxylic acids is 1. The average molecular weight is 232 g/mol. The van der Waals surface area contributed by atoms with Crippen molar-refractivity contribution in [3.8, 4) is 5.75 Å². The molecular weight excluding hydrogens is 216 g/mol. The summed E-state index contributed by atoms with van der Waals surface area (Å²) in [5, 5.41) is 0. The van der Waals surface area contributed by atoms with Gasteiger partial charge in [0.2, 0.25) is 0 Å². The fourth-order valence-corrected chi connectivity index (χ4v) is 1.69. The number of rotatable bonds is 4. The zero-order valence-corrected chi connectivity index (χ0v) is 9.82. The predicted octanol–water partition coefficient (Wildman–Crippen LogP) is 2.25. The molecule has 17 heavy (non-hydrogen) atoms. The highest BCUT2D eigenvalue weighted by molar-refractivity contribution is 5.95. The van der Waals surface area contributed by atoms with Crippen LogP contribution in [0.2, 0.25) is 0 Å². The van der Waals surface area contributed by atoms with E-state index >= 15 is 0 Å². The molecule has 4 heteroatoms. The van der Waals surface area contributed by atoms with E-state index in [1.165, 1.54) is 0 Å². The van der Waals surface area contributed by atoms with Crippen molar-refractivity contribution in [1.82, 2.24) is 5.43 Å². The lowest BCUT2D eigenvalue weighted by Gasteiger charge is -2.15. The van der Waals surface area contributed by atoms with Gasteiger partial charge in [-0.15, -0.1) is 0 Å². The van der Waals surface area contributed by atoms with Gasteiger partial charge >= 0.3 is 0 Å². The minimum absolute atomic E-state index is 0.164. The number of methoxy groups -OCH3 is 1. The summed E-state index contributed by atoms with van der Waals surface area (Å²) in [5.74, 6) is 0.973. The van der Waals surface area contributed by atoms with E-state index in [1.54, 1.807) is 7.11 Å². The van der Waals surface area contributed by atoms with Gasteiger partial charge in [0.1, 0.15) is 5.75 Å². The molecule has 0 amide bonds. The third-order valence-electron chi connectivity index (χ3n) is 2.69. The van der Waals surface area contributed by atoms with Gasteiger partial charge in [0.15, 0.2) is 5.78 Å². The van der Waals surface area contributed by atoms with Crippen molar-refractivity contribution < 1.29 is 9.53 Å². The largest absolute Gasteiger partial charge is 0.497 e. The molecule has 0 saturated carbocycles. The second-order valence-electron chi connectivity index (χ2n) is 3.91. The Kier molecular flexibility index (Phi) is 3.65. The molecule has 0 aliphatic heterocycles. The number of ether oxygens (including phenoxy) is 1. The summed E-state index contributed by atoms with van der Waals surface area (Å²) in [4.78, 5) is 11.5. The molecule has 0 radical (unpaired) electrons. The minimum Gasteiger partial charge on any atom is -0.497 e. The molecule has 0 unspecified atom stereocenters. The van der Waals surface area contributed by atoms with E-state index in [0.29, 0.717) is 12.1 Å². The second-order valence-corrected chi connectivity index (χ2v) is 3.91. The van der Waals surface area contributed by atoms with Crippen molar-refractivity contribution in [3.05, 3.63) is 36.0 Å². The fraction of sp³-hybridized carbons (Fsp3) is 0.308. The summed E-state index contributed by atoms with van der Waals surface area (Å²) >= 11 is 0. The van der Waals surface area contributed by atoms with E-state index in [-0.39, 0.29) is 5.78 Å². The fourth-order valence-electron chi connectivity index (χ4n) is 1.69. The first-order valence-corrected chi connectivity index (χ1v) is 5.69. The smallest absolute Gasteiger partial charge is 0.180 e. The number of hydrogen-bond acceptors (Lipinski definition) is 4. The van der Waals surface area contributed by atoms with Gasteiger partial charge in [-0.1, -0.05) is 6.08 Å². The summed E-state index contributed by atoms with van der Waals surface area (Å²) in [6.45, 7) is 0. The van der Waals surface area contributed by atoms with Crippen molar-refractivity contribution in [3.63, 3.8) is 0 Å². The number of benzene rings is 1. The van der Waals surface area contributed by atoms with Crippen LogP contribution in [0, 0.1) is 0 Å². The number of allylic oxidation sites excluding steroid dienone is 2. The van der Waals surface area contributed by atoms with Gasteiger partial charge in [0, 0.05) is 6.42 Å². The van der Waals surface area contributed by atoms with Gasteiger partial charge in [-0.3, -0.25) is 10.2 Å². The van der Waals surface area contributed by atoms with Crippen LogP contribution in [0.25, 0.3) is 0 Å². The van der Waals surface area contributed by atoms with Crippen LogP contribution in [0.5, 0.6) is 5.75 Å². The highest BCUT2D eigenvalue weighted by atomic mass is 16.5. The van der Waals surface area contributed by atoms with Crippen LogP contribution < -0.4 is 15.6 Å². The average Bonchev–Trinajstić information content (AvgIpc) is 2.38. The van der Waals surface area contributed by atoms with Crippen LogP contribution in [-0.2, 0) is 4.79 Å². The summed E-state index contributed by atoms with van der Waals surface area (Å²) < 4.78 is 5.07. The van der Waals surface area contributed by atoms with E-state index in [9.17, 15) is 4.79 Å². The van der Waals surface area contributed by atoms with Gasteiger partial charge < -0.3 is 10.2 Å². The molecule has 1 aromatic carbocycles. The second kappa shape index (κ2) is 5.39. The van der Waals surface area contributed by atoms with Gasteiger partial charge in [-0.05, 0) is 37.1 Å².